The second kappa shape index (κ2) is 5.39. The first-order valence-corrected chi connectivity index (χ1v) is 7.46. The molecule has 16 heavy (non-hydrogen) atoms. The van der Waals surface area contributed by atoms with E-state index in [1.807, 2.05) is 12.1 Å². The molecule has 5 heteroatoms. The summed E-state index contributed by atoms with van der Waals surface area (Å²) in [6.07, 6.45) is 1.90. The van der Waals surface area contributed by atoms with Crippen LogP contribution in [0.4, 0.5) is 5.69 Å². The van der Waals surface area contributed by atoms with Crippen molar-refractivity contribution in [1.82, 2.24) is 0 Å². The number of benzene rings is 1. The van der Waals surface area contributed by atoms with Crippen molar-refractivity contribution >= 4 is 39.7 Å². The van der Waals surface area contributed by atoms with E-state index in [2.05, 4.69) is 5.32 Å². The molecule has 0 amide bonds. The smallest absolute Gasteiger partial charge is 0.0612 e. The van der Waals surface area contributed by atoms with Crippen molar-refractivity contribution in [2.24, 2.45) is 0 Å². The van der Waals surface area contributed by atoms with Gasteiger partial charge in [-0.3, -0.25) is 4.21 Å². The average Bonchev–Trinajstić information content (AvgIpc) is 2.27. The molecule has 88 valence electrons. The molecule has 0 atom stereocenters. The Labute approximate surface area is 108 Å². The van der Waals surface area contributed by atoms with E-state index >= 15 is 0 Å². The lowest BCUT2D eigenvalue weighted by Crippen LogP contribution is -2.29. The molecule has 1 fully saturated rings. The first kappa shape index (κ1) is 12.2. The molecule has 0 spiro atoms. The summed E-state index contributed by atoms with van der Waals surface area (Å²) >= 11 is 11.8. The summed E-state index contributed by atoms with van der Waals surface area (Å²) in [7, 11) is -0.614. The van der Waals surface area contributed by atoms with E-state index in [1.54, 1.807) is 6.07 Å². The van der Waals surface area contributed by atoms with Crippen LogP contribution in [0.15, 0.2) is 18.2 Å². The minimum Gasteiger partial charge on any atom is -0.382 e. The fourth-order valence-corrected chi connectivity index (χ4v) is 3.36. The Morgan fingerprint density at radius 1 is 1.19 bits per heavy atom. The average molecular weight is 278 g/mol. The van der Waals surface area contributed by atoms with E-state index in [0.29, 0.717) is 16.1 Å². The first-order chi connectivity index (χ1) is 7.65. The molecule has 0 radical (unpaired) electrons. The maximum absolute atomic E-state index is 11.2. The third-order valence-electron chi connectivity index (χ3n) is 2.68. The van der Waals surface area contributed by atoms with Gasteiger partial charge in [0.2, 0.25) is 0 Å². The predicted molar refractivity (Wildman–Crippen MR) is 71.0 cm³/mol. The second-order valence-electron chi connectivity index (χ2n) is 3.90. The van der Waals surface area contributed by atoms with Crippen molar-refractivity contribution in [3.8, 4) is 0 Å². The van der Waals surface area contributed by atoms with Crippen LogP contribution >= 0.6 is 23.2 Å². The second-order valence-corrected chi connectivity index (χ2v) is 6.41. The van der Waals surface area contributed by atoms with Gasteiger partial charge in [0.15, 0.2) is 0 Å². The van der Waals surface area contributed by atoms with Crippen molar-refractivity contribution in [3.05, 3.63) is 28.2 Å². The van der Waals surface area contributed by atoms with Crippen molar-refractivity contribution in [2.45, 2.75) is 18.9 Å². The fraction of sp³-hybridized carbons (Fsp3) is 0.455. The Morgan fingerprint density at radius 3 is 2.50 bits per heavy atom. The van der Waals surface area contributed by atoms with Crippen LogP contribution < -0.4 is 5.32 Å². The molecule has 0 aliphatic carbocycles. The van der Waals surface area contributed by atoms with E-state index in [-0.39, 0.29) is 0 Å². The van der Waals surface area contributed by atoms with Crippen LogP contribution in [0.5, 0.6) is 0 Å². The summed E-state index contributed by atoms with van der Waals surface area (Å²) in [5.41, 5.74) is 0.979. The van der Waals surface area contributed by atoms with E-state index in [4.69, 9.17) is 23.2 Å². The van der Waals surface area contributed by atoms with Gasteiger partial charge in [0.05, 0.1) is 10.0 Å². The molecule has 1 heterocycles. The summed E-state index contributed by atoms with van der Waals surface area (Å²) in [6, 6.07) is 5.93. The standard InChI is InChI=1S/C11H13Cl2NOS/c12-10-2-1-9(7-11(10)13)14-8-3-5-16(15)6-4-8/h1-2,7-8,14H,3-6H2. The molecular weight excluding hydrogens is 265 g/mol. The van der Waals surface area contributed by atoms with Gasteiger partial charge in [0.1, 0.15) is 0 Å². The zero-order valence-electron chi connectivity index (χ0n) is 8.71. The van der Waals surface area contributed by atoms with Crippen molar-refractivity contribution < 1.29 is 4.21 Å². The maximum Gasteiger partial charge on any atom is 0.0612 e. The van der Waals surface area contributed by atoms with Gasteiger partial charge in [0, 0.05) is 34.0 Å². The van der Waals surface area contributed by atoms with Crippen LogP contribution in [0.1, 0.15) is 12.8 Å². The number of hydrogen-bond acceptors (Lipinski definition) is 2. The monoisotopic (exact) mass is 277 g/mol. The number of rotatable bonds is 2. The van der Waals surface area contributed by atoms with E-state index < -0.39 is 10.8 Å². The molecule has 1 saturated heterocycles. The van der Waals surface area contributed by atoms with Gasteiger partial charge in [-0.25, -0.2) is 0 Å². The first-order valence-electron chi connectivity index (χ1n) is 5.22. The number of halogens is 2. The Bertz CT molecular complexity index is 401. The lowest BCUT2D eigenvalue weighted by atomic mass is 10.1. The molecule has 1 aliphatic rings. The number of hydrogen-bond donors (Lipinski definition) is 1. The van der Waals surface area contributed by atoms with Gasteiger partial charge in [-0.15, -0.1) is 0 Å². The van der Waals surface area contributed by atoms with Crippen molar-refractivity contribution in [2.75, 3.05) is 16.8 Å². The van der Waals surface area contributed by atoms with Crippen LogP contribution in [0.2, 0.25) is 10.0 Å². The van der Waals surface area contributed by atoms with E-state index in [0.717, 1.165) is 30.0 Å². The summed E-state index contributed by atoms with van der Waals surface area (Å²) < 4.78 is 11.2. The van der Waals surface area contributed by atoms with E-state index in [1.165, 1.54) is 0 Å². The quantitative estimate of drug-likeness (QED) is 0.899. The Kier molecular flexibility index (Phi) is 4.11. The van der Waals surface area contributed by atoms with Crippen LogP contribution in [0.25, 0.3) is 0 Å². The van der Waals surface area contributed by atoms with Crippen molar-refractivity contribution in [1.29, 1.82) is 0 Å². The van der Waals surface area contributed by atoms with E-state index in [9.17, 15) is 4.21 Å². The Hall–Kier alpha value is -0.250. The minimum atomic E-state index is -0.614. The Balaban J connectivity index is 1.98. The molecule has 1 aliphatic heterocycles. The largest absolute Gasteiger partial charge is 0.382 e. The van der Waals surface area contributed by atoms with Gasteiger partial charge in [-0.05, 0) is 31.0 Å². The molecule has 0 unspecified atom stereocenters. The lowest BCUT2D eigenvalue weighted by molar-refractivity contribution is 0.624. The highest BCUT2D eigenvalue weighted by Crippen LogP contribution is 2.26. The van der Waals surface area contributed by atoms with Crippen LogP contribution in [-0.4, -0.2) is 21.8 Å². The van der Waals surface area contributed by atoms with Crippen LogP contribution in [-0.2, 0) is 10.8 Å². The zero-order chi connectivity index (χ0) is 11.5. The molecule has 1 aromatic rings. The van der Waals surface area contributed by atoms with Gasteiger partial charge in [-0.2, -0.15) is 0 Å². The van der Waals surface area contributed by atoms with Gasteiger partial charge < -0.3 is 5.32 Å². The Morgan fingerprint density at radius 2 is 1.88 bits per heavy atom. The lowest BCUT2D eigenvalue weighted by Gasteiger charge is -2.23. The maximum atomic E-state index is 11.2. The fourth-order valence-electron chi connectivity index (χ4n) is 1.76. The highest BCUT2D eigenvalue weighted by molar-refractivity contribution is 7.85. The molecule has 2 nitrogen and oxygen atoms in total. The molecule has 0 bridgehead atoms. The molecule has 1 N–H and O–H groups in total. The molecule has 1 aromatic carbocycles. The van der Waals surface area contributed by atoms with Crippen molar-refractivity contribution in [3.63, 3.8) is 0 Å². The normalized spacial score (nSPS) is 25.4. The van der Waals surface area contributed by atoms with Crippen LogP contribution in [0.3, 0.4) is 0 Å². The molecule has 2 rings (SSSR count). The molecule has 0 saturated carbocycles. The third-order valence-corrected chi connectivity index (χ3v) is 4.80. The summed E-state index contributed by atoms with van der Waals surface area (Å²) in [5, 5.41) is 4.52. The highest BCUT2D eigenvalue weighted by Gasteiger charge is 2.17. The minimum absolute atomic E-state index is 0.398. The number of anilines is 1. The summed E-state index contributed by atoms with van der Waals surface area (Å²) in [5.74, 6) is 1.58. The zero-order valence-corrected chi connectivity index (χ0v) is 11.0. The highest BCUT2D eigenvalue weighted by atomic mass is 35.5. The summed E-state index contributed by atoms with van der Waals surface area (Å²) in [4.78, 5) is 0. The topological polar surface area (TPSA) is 29.1 Å². The van der Waals surface area contributed by atoms with Gasteiger partial charge in [-0.1, -0.05) is 23.2 Å². The molecule has 0 aromatic heterocycles. The predicted octanol–water partition coefficient (Wildman–Crippen LogP) is 3.32. The molecular formula is C11H13Cl2NOS. The third kappa shape index (κ3) is 3.12. The van der Waals surface area contributed by atoms with Gasteiger partial charge >= 0.3 is 0 Å². The SMILES string of the molecule is O=S1CCC(Nc2ccc(Cl)c(Cl)c2)CC1. The summed E-state index contributed by atoms with van der Waals surface area (Å²) in [6.45, 7) is 0. The van der Waals surface area contributed by atoms with Gasteiger partial charge in [0.25, 0.3) is 0 Å². The van der Waals surface area contributed by atoms with Crippen LogP contribution in [0, 0.1) is 0 Å². The number of nitrogens with one attached hydrogen (secondary N) is 1.